The number of rotatable bonds is 15. The molecule has 0 bridgehead atoms. The van der Waals surface area contributed by atoms with Gasteiger partial charge in [-0.3, -0.25) is 19.5 Å². The number of carbonyl (C=O) groups excluding carboxylic acids is 3. The second-order valence-corrected chi connectivity index (χ2v) is 11.4. The van der Waals surface area contributed by atoms with Crippen LogP contribution in [0.25, 0.3) is 0 Å². The summed E-state index contributed by atoms with van der Waals surface area (Å²) in [5, 5.41) is 10.5. The molecule has 214 valence electrons. The number of hydrogen-bond donors (Lipinski definition) is 6. The molecule has 0 radical (unpaired) electrons. The van der Waals surface area contributed by atoms with Gasteiger partial charge in [0, 0.05) is 20.0 Å². The Balaban J connectivity index is 2.03. The minimum atomic E-state index is -4.71. The first-order chi connectivity index (χ1) is 18.5. The molecule has 0 heterocycles. The highest BCUT2D eigenvalue weighted by atomic mass is 31.2. The first-order valence-corrected chi connectivity index (χ1v) is 14.5. The zero-order valence-corrected chi connectivity index (χ0v) is 23.4. The van der Waals surface area contributed by atoms with Crippen molar-refractivity contribution in [1.82, 2.24) is 21.3 Å². The molecule has 0 aromatic heterocycles. The van der Waals surface area contributed by atoms with Gasteiger partial charge in [0.2, 0.25) is 11.8 Å². The Morgan fingerprint density at radius 2 is 1.49 bits per heavy atom. The van der Waals surface area contributed by atoms with Crippen molar-refractivity contribution in [2.45, 2.75) is 57.6 Å². The molecule has 3 amide bonds. The molecule has 0 spiro atoms. The summed E-state index contributed by atoms with van der Waals surface area (Å²) < 4.78 is 17.4. The van der Waals surface area contributed by atoms with Crippen LogP contribution in [0.15, 0.2) is 60.7 Å². The fraction of sp³-hybridized carbons (Fsp3) is 0.444. The number of hydrogen-bond acceptors (Lipinski definition) is 6. The van der Waals surface area contributed by atoms with Crippen molar-refractivity contribution in [3.63, 3.8) is 0 Å². The molecule has 12 heteroatoms. The molecule has 1 unspecified atom stereocenters. The minimum Gasteiger partial charge on any atom is -0.445 e. The number of amides is 3. The molecule has 0 saturated heterocycles. The lowest BCUT2D eigenvalue weighted by molar-refractivity contribution is -0.130. The summed E-state index contributed by atoms with van der Waals surface area (Å²) in [6, 6.07) is 16.4. The maximum Gasteiger partial charge on any atom is 0.407 e. The van der Waals surface area contributed by atoms with E-state index in [9.17, 15) is 28.7 Å². The van der Waals surface area contributed by atoms with Gasteiger partial charge in [-0.05, 0) is 29.9 Å². The summed E-state index contributed by atoms with van der Waals surface area (Å²) >= 11 is 0. The van der Waals surface area contributed by atoms with Crippen molar-refractivity contribution in [2.24, 2.45) is 5.92 Å². The molecular weight excluding hydrogens is 523 g/mol. The standard InChI is InChI=1S/C27H39N4O7P/c1-19(2)16-22(26(33)31-23(25(32)28-3)17-20-10-6-4-7-11-20)30-24(39(35,36)37)14-15-29-27(34)38-18-21-12-8-5-9-13-21/h4-13,19,22-24,30H,14-18H2,1-3H3,(H,28,32)(H,29,34)(H,31,33)(H2,35,36,37)/t22?,23-,24-/m0/s1. The van der Waals surface area contributed by atoms with E-state index in [0.29, 0.717) is 0 Å². The molecule has 0 saturated carbocycles. The number of nitrogens with one attached hydrogen (secondary N) is 4. The van der Waals surface area contributed by atoms with Crippen LogP contribution in [-0.2, 0) is 31.9 Å². The Kier molecular flexibility index (Phi) is 13.1. The van der Waals surface area contributed by atoms with E-state index in [4.69, 9.17) is 4.74 Å². The SMILES string of the molecule is CNC(=O)[C@H](Cc1ccccc1)NC(=O)C(CC(C)C)N[C@H](CCNC(=O)OCc1ccccc1)P(=O)(O)O. The van der Waals surface area contributed by atoms with Gasteiger partial charge in [0.1, 0.15) is 18.4 Å². The van der Waals surface area contributed by atoms with Crippen LogP contribution in [0.4, 0.5) is 4.79 Å². The number of likely N-dealkylation sites (N-methyl/N-ethyl adjacent to an activating group) is 1. The lowest BCUT2D eigenvalue weighted by Crippen LogP contribution is -2.55. The van der Waals surface area contributed by atoms with Crippen LogP contribution in [0.5, 0.6) is 0 Å². The summed E-state index contributed by atoms with van der Waals surface area (Å²) in [7, 11) is -3.24. The third kappa shape index (κ3) is 12.0. The molecular formula is C27H39N4O7P. The van der Waals surface area contributed by atoms with E-state index in [1.165, 1.54) is 7.05 Å². The van der Waals surface area contributed by atoms with Crippen LogP contribution in [0.2, 0.25) is 0 Å². The lowest BCUT2D eigenvalue weighted by atomic mass is 10.0. The quantitative estimate of drug-likeness (QED) is 0.180. The predicted molar refractivity (Wildman–Crippen MR) is 148 cm³/mol. The molecule has 3 atom stereocenters. The smallest absolute Gasteiger partial charge is 0.407 e. The maximum absolute atomic E-state index is 13.3. The van der Waals surface area contributed by atoms with Gasteiger partial charge in [0.25, 0.3) is 0 Å². The Hall–Kier alpha value is -3.24. The first-order valence-electron chi connectivity index (χ1n) is 12.8. The summed E-state index contributed by atoms with van der Waals surface area (Å²) in [5.74, 6) is -2.35. The zero-order chi connectivity index (χ0) is 28.8. The van der Waals surface area contributed by atoms with E-state index < -0.39 is 37.5 Å². The van der Waals surface area contributed by atoms with Crippen LogP contribution in [0, 0.1) is 5.92 Å². The lowest BCUT2D eigenvalue weighted by Gasteiger charge is -2.28. The molecule has 2 aromatic rings. The van der Waals surface area contributed by atoms with Gasteiger partial charge in [-0.1, -0.05) is 74.5 Å². The maximum atomic E-state index is 13.3. The second kappa shape index (κ2) is 16.0. The molecule has 11 nitrogen and oxygen atoms in total. The fourth-order valence-corrected chi connectivity index (χ4v) is 4.73. The third-order valence-corrected chi connectivity index (χ3v) is 7.10. The highest BCUT2D eigenvalue weighted by Crippen LogP contribution is 2.41. The highest BCUT2D eigenvalue weighted by Gasteiger charge is 2.34. The fourth-order valence-electron chi connectivity index (χ4n) is 3.89. The van der Waals surface area contributed by atoms with Gasteiger partial charge >= 0.3 is 13.7 Å². The topological polar surface area (TPSA) is 166 Å². The zero-order valence-electron chi connectivity index (χ0n) is 22.5. The predicted octanol–water partition coefficient (Wildman–Crippen LogP) is 2.28. The molecule has 39 heavy (non-hydrogen) atoms. The summed E-state index contributed by atoms with van der Waals surface area (Å²) in [5.41, 5.74) is 1.64. The second-order valence-electron chi connectivity index (χ2n) is 9.60. The van der Waals surface area contributed by atoms with E-state index in [-0.39, 0.29) is 44.2 Å². The third-order valence-electron chi connectivity index (χ3n) is 5.89. The number of carbonyl (C=O) groups is 3. The Morgan fingerprint density at radius 3 is 2.03 bits per heavy atom. The number of ether oxygens (including phenoxy) is 1. The van der Waals surface area contributed by atoms with Crippen molar-refractivity contribution in [3.8, 4) is 0 Å². The monoisotopic (exact) mass is 562 g/mol. The van der Waals surface area contributed by atoms with Crippen LogP contribution in [0.3, 0.4) is 0 Å². The average molecular weight is 563 g/mol. The Morgan fingerprint density at radius 1 is 0.897 bits per heavy atom. The summed E-state index contributed by atoms with van der Waals surface area (Å²) in [4.78, 5) is 57.8. The van der Waals surface area contributed by atoms with Crippen LogP contribution >= 0.6 is 7.60 Å². The van der Waals surface area contributed by atoms with Crippen LogP contribution in [0.1, 0.15) is 37.8 Å². The van der Waals surface area contributed by atoms with Crippen molar-refractivity contribution >= 4 is 25.5 Å². The molecule has 6 N–H and O–H groups in total. The molecule has 0 aliphatic rings. The van der Waals surface area contributed by atoms with Crippen molar-refractivity contribution in [3.05, 3.63) is 71.8 Å². The highest BCUT2D eigenvalue weighted by molar-refractivity contribution is 7.52. The molecule has 2 aromatic carbocycles. The Labute approximate surface area is 229 Å². The Bertz CT molecular complexity index is 1100. The van der Waals surface area contributed by atoms with E-state index in [1.807, 2.05) is 62.4 Å². The van der Waals surface area contributed by atoms with E-state index >= 15 is 0 Å². The van der Waals surface area contributed by atoms with Gasteiger partial charge < -0.3 is 30.5 Å². The summed E-state index contributed by atoms with van der Waals surface area (Å²) in [6.07, 6.45) is -0.373. The number of alkyl carbamates (subject to hydrolysis) is 1. The van der Waals surface area contributed by atoms with Gasteiger partial charge in [0.15, 0.2) is 0 Å². The van der Waals surface area contributed by atoms with E-state index in [0.717, 1.165) is 11.1 Å². The van der Waals surface area contributed by atoms with E-state index in [1.54, 1.807) is 12.1 Å². The normalized spacial score (nSPS) is 13.7. The van der Waals surface area contributed by atoms with Crippen LogP contribution < -0.4 is 21.3 Å². The van der Waals surface area contributed by atoms with Crippen molar-refractivity contribution in [2.75, 3.05) is 13.6 Å². The molecule has 2 rings (SSSR count). The number of benzene rings is 2. The van der Waals surface area contributed by atoms with Crippen LogP contribution in [-0.4, -0.2) is 59.2 Å². The molecule has 0 aliphatic heterocycles. The van der Waals surface area contributed by atoms with Gasteiger partial charge in [-0.25, -0.2) is 4.79 Å². The van der Waals surface area contributed by atoms with E-state index in [2.05, 4.69) is 21.3 Å². The first kappa shape index (κ1) is 32.0. The largest absolute Gasteiger partial charge is 0.445 e. The summed E-state index contributed by atoms with van der Waals surface area (Å²) in [6.45, 7) is 3.71. The molecule has 0 fully saturated rings. The van der Waals surface area contributed by atoms with Gasteiger partial charge in [-0.15, -0.1) is 0 Å². The average Bonchev–Trinajstić information content (AvgIpc) is 2.90. The van der Waals surface area contributed by atoms with Gasteiger partial charge in [0.05, 0.1) is 6.04 Å². The van der Waals surface area contributed by atoms with Crippen molar-refractivity contribution in [1.29, 1.82) is 0 Å². The molecule has 0 aliphatic carbocycles. The van der Waals surface area contributed by atoms with Crippen molar-refractivity contribution < 1.29 is 33.5 Å². The van der Waals surface area contributed by atoms with Gasteiger partial charge in [-0.2, -0.15) is 0 Å². The minimum absolute atomic E-state index is 0.00401.